The lowest BCUT2D eigenvalue weighted by atomic mass is 10.3. The maximum Gasteiger partial charge on any atom is 0.0701 e. The maximum atomic E-state index is 6.06. The summed E-state index contributed by atoms with van der Waals surface area (Å²) in [6, 6.07) is 5.42. The zero-order valence-corrected chi connectivity index (χ0v) is 13.1. The molecule has 0 saturated heterocycles. The third-order valence-corrected chi connectivity index (χ3v) is 4.70. The summed E-state index contributed by atoms with van der Waals surface area (Å²) in [5.74, 6) is 0. The topological polar surface area (TPSA) is 12.0 Å². The summed E-state index contributed by atoms with van der Waals surface area (Å²) in [5, 5.41) is 6.81. The molecule has 1 N–H and O–H groups in total. The van der Waals surface area contributed by atoms with Crippen molar-refractivity contribution in [2.24, 2.45) is 0 Å². The second-order valence-corrected chi connectivity index (χ2v) is 6.87. The van der Waals surface area contributed by atoms with Crippen LogP contribution >= 0.6 is 62.1 Å². The van der Waals surface area contributed by atoms with Gasteiger partial charge in [-0.15, -0.1) is 11.3 Å². The van der Waals surface area contributed by atoms with Crippen LogP contribution in [-0.4, -0.2) is 0 Å². The first-order chi connectivity index (χ1) is 8.06. The van der Waals surface area contributed by atoms with E-state index >= 15 is 0 Å². The molecule has 1 aromatic carbocycles. The molecule has 0 spiro atoms. The predicted molar refractivity (Wildman–Crippen MR) is 80.8 cm³/mol. The largest absolute Gasteiger partial charge is 0.380 e. The summed E-state index contributed by atoms with van der Waals surface area (Å²) in [4.78, 5) is 0. The first kappa shape index (κ1) is 13.5. The standard InChI is InChI=1S/C11H7BrCl3NS/c12-11-1-6(5-17-11)4-16-10-3-8(14)7(13)2-9(10)15/h1-3,5,16H,4H2. The van der Waals surface area contributed by atoms with Crippen molar-refractivity contribution in [1.82, 2.24) is 0 Å². The van der Waals surface area contributed by atoms with Crippen molar-refractivity contribution in [2.75, 3.05) is 5.32 Å². The second-order valence-electron chi connectivity index (χ2n) is 3.36. The van der Waals surface area contributed by atoms with Gasteiger partial charge in [-0.05, 0) is 45.1 Å². The molecule has 1 nitrogen and oxygen atoms in total. The van der Waals surface area contributed by atoms with E-state index in [4.69, 9.17) is 34.8 Å². The summed E-state index contributed by atoms with van der Waals surface area (Å²) >= 11 is 22.9. The highest BCUT2D eigenvalue weighted by Gasteiger charge is 2.06. The van der Waals surface area contributed by atoms with Gasteiger partial charge in [0.05, 0.1) is 24.5 Å². The van der Waals surface area contributed by atoms with Gasteiger partial charge in [-0.25, -0.2) is 0 Å². The quantitative estimate of drug-likeness (QED) is 0.645. The van der Waals surface area contributed by atoms with E-state index in [2.05, 4.69) is 32.7 Å². The summed E-state index contributed by atoms with van der Waals surface area (Å²) in [7, 11) is 0. The molecular weight excluding hydrogens is 364 g/mol. The molecule has 0 saturated carbocycles. The number of hydrogen-bond donors (Lipinski definition) is 1. The van der Waals surface area contributed by atoms with Gasteiger partial charge in [0.1, 0.15) is 0 Å². The zero-order valence-electron chi connectivity index (χ0n) is 8.44. The molecule has 0 bridgehead atoms. The van der Waals surface area contributed by atoms with Crippen LogP contribution in [0.1, 0.15) is 5.56 Å². The number of rotatable bonds is 3. The van der Waals surface area contributed by atoms with Crippen molar-refractivity contribution in [2.45, 2.75) is 6.54 Å². The van der Waals surface area contributed by atoms with Crippen molar-refractivity contribution in [3.63, 3.8) is 0 Å². The average molecular weight is 372 g/mol. The molecule has 1 heterocycles. The average Bonchev–Trinajstić information content (AvgIpc) is 2.68. The molecule has 1 aromatic heterocycles. The smallest absolute Gasteiger partial charge is 0.0701 e. The summed E-state index contributed by atoms with van der Waals surface area (Å²) in [6.07, 6.45) is 0. The summed E-state index contributed by atoms with van der Waals surface area (Å²) < 4.78 is 1.11. The molecule has 0 fully saturated rings. The number of thiophene rings is 1. The first-order valence-electron chi connectivity index (χ1n) is 4.67. The van der Waals surface area contributed by atoms with E-state index in [0.717, 1.165) is 9.47 Å². The molecule has 0 unspecified atom stereocenters. The van der Waals surface area contributed by atoms with Crippen LogP contribution in [0, 0.1) is 0 Å². The van der Waals surface area contributed by atoms with Crippen LogP contribution in [0.25, 0.3) is 0 Å². The minimum atomic E-state index is 0.459. The normalized spacial score (nSPS) is 10.6. The predicted octanol–water partition coefficient (Wildman–Crippen LogP) is 6.08. The highest BCUT2D eigenvalue weighted by molar-refractivity contribution is 9.11. The Balaban J connectivity index is 2.11. The minimum absolute atomic E-state index is 0.459. The molecule has 0 atom stereocenters. The fourth-order valence-electron chi connectivity index (χ4n) is 1.29. The van der Waals surface area contributed by atoms with Gasteiger partial charge < -0.3 is 5.32 Å². The molecule has 0 aliphatic rings. The lowest BCUT2D eigenvalue weighted by Gasteiger charge is -2.08. The van der Waals surface area contributed by atoms with E-state index in [9.17, 15) is 0 Å². The molecule has 0 aliphatic carbocycles. The second kappa shape index (κ2) is 5.81. The number of nitrogens with one attached hydrogen (secondary N) is 1. The fourth-order valence-corrected chi connectivity index (χ4v) is 3.12. The summed E-state index contributed by atoms with van der Waals surface area (Å²) in [6.45, 7) is 0.694. The van der Waals surface area contributed by atoms with Crippen LogP contribution in [0.2, 0.25) is 15.1 Å². The van der Waals surface area contributed by atoms with E-state index in [1.807, 2.05) is 0 Å². The number of hydrogen-bond acceptors (Lipinski definition) is 2. The fraction of sp³-hybridized carbons (Fsp3) is 0.0909. The van der Waals surface area contributed by atoms with E-state index in [1.165, 1.54) is 5.56 Å². The molecular formula is C11H7BrCl3NS. The maximum absolute atomic E-state index is 6.06. The Morgan fingerprint density at radius 3 is 2.41 bits per heavy atom. The molecule has 2 rings (SSSR count). The van der Waals surface area contributed by atoms with Gasteiger partial charge in [-0.3, -0.25) is 0 Å². The van der Waals surface area contributed by atoms with Crippen LogP contribution in [-0.2, 0) is 6.54 Å². The van der Waals surface area contributed by atoms with E-state index in [1.54, 1.807) is 23.5 Å². The van der Waals surface area contributed by atoms with Crippen LogP contribution in [0.15, 0.2) is 27.4 Å². The number of halogens is 4. The van der Waals surface area contributed by atoms with Gasteiger partial charge in [0.15, 0.2) is 0 Å². The lowest BCUT2D eigenvalue weighted by Crippen LogP contribution is -1.98. The molecule has 0 amide bonds. The molecule has 90 valence electrons. The van der Waals surface area contributed by atoms with Gasteiger partial charge in [0.2, 0.25) is 0 Å². The van der Waals surface area contributed by atoms with Crippen molar-refractivity contribution in [3.05, 3.63) is 48.0 Å². The lowest BCUT2D eigenvalue weighted by molar-refractivity contribution is 1.16. The zero-order chi connectivity index (χ0) is 12.4. The Labute approximate surface area is 127 Å². The third-order valence-electron chi connectivity index (χ3n) is 2.11. The Morgan fingerprint density at radius 1 is 1.06 bits per heavy atom. The van der Waals surface area contributed by atoms with Gasteiger partial charge in [-0.2, -0.15) is 0 Å². The van der Waals surface area contributed by atoms with Gasteiger partial charge in [-0.1, -0.05) is 34.8 Å². The highest BCUT2D eigenvalue weighted by atomic mass is 79.9. The number of benzene rings is 1. The van der Waals surface area contributed by atoms with Crippen molar-refractivity contribution in [1.29, 1.82) is 0 Å². The molecule has 2 aromatic rings. The van der Waals surface area contributed by atoms with Crippen molar-refractivity contribution < 1.29 is 0 Å². The van der Waals surface area contributed by atoms with E-state index < -0.39 is 0 Å². The highest BCUT2D eigenvalue weighted by Crippen LogP contribution is 2.32. The van der Waals surface area contributed by atoms with Crippen molar-refractivity contribution in [3.8, 4) is 0 Å². The Kier molecular flexibility index (Phi) is 4.61. The SMILES string of the molecule is Clc1cc(Cl)c(NCc2csc(Br)c2)cc1Cl. The Morgan fingerprint density at radius 2 is 1.76 bits per heavy atom. The first-order valence-corrected chi connectivity index (χ1v) is 7.48. The van der Waals surface area contributed by atoms with Crippen molar-refractivity contribution >= 4 is 67.8 Å². The third kappa shape index (κ3) is 3.52. The monoisotopic (exact) mass is 369 g/mol. The molecule has 0 aliphatic heterocycles. The Hall–Kier alpha value is 0.0700. The van der Waals surface area contributed by atoms with E-state index in [0.29, 0.717) is 21.6 Å². The van der Waals surface area contributed by atoms with Gasteiger partial charge in [0, 0.05) is 6.54 Å². The van der Waals surface area contributed by atoms with E-state index in [-0.39, 0.29) is 0 Å². The van der Waals surface area contributed by atoms with Crippen LogP contribution in [0.3, 0.4) is 0 Å². The van der Waals surface area contributed by atoms with Crippen LogP contribution in [0.5, 0.6) is 0 Å². The van der Waals surface area contributed by atoms with Crippen LogP contribution < -0.4 is 5.32 Å². The summed E-state index contributed by atoms with van der Waals surface area (Å²) in [5.41, 5.74) is 1.97. The molecule has 6 heteroatoms. The molecule has 0 radical (unpaired) electrons. The Bertz CT molecular complexity index is 542. The van der Waals surface area contributed by atoms with Gasteiger partial charge in [0.25, 0.3) is 0 Å². The minimum Gasteiger partial charge on any atom is -0.380 e. The van der Waals surface area contributed by atoms with Crippen LogP contribution in [0.4, 0.5) is 5.69 Å². The molecule has 17 heavy (non-hydrogen) atoms. The number of anilines is 1. The van der Waals surface area contributed by atoms with Gasteiger partial charge >= 0.3 is 0 Å².